The lowest BCUT2D eigenvalue weighted by atomic mass is 10.2. The first kappa shape index (κ1) is 8.75. The van der Waals surface area contributed by atoms with Crippen molar-refractivity contribution in [1.29, 1.82) is 0 Å². The summed E-state index contributed by atoms with van der Waals surface area (Å²) in [6, 6.07) is 1.84. The van der Waals surface area contributed by atoms with Gasteiger partial charge in [0.05, 0.1) is 11.6 Å². The first-order valence-corrected chi connectivity index (χ1v) is 4.89. The topological polar surface area (TPSA) is 34.9 Å². The highest BCUT2D eigenvalue weighted by Gasteiger charge is 2.26. The quantitative estimate of drug-likeness (QED) is 0.674. The molecule has 2 rings (SSSR count). The number of halogens is 1. The van der Waals surface area contributed by atoms with Crippen molar-refractivity contribution in [2.24, 2.45) is 7.05 Å². The first-order chi connectivity index (χ1) is 6.22. The van der Waals surface area contributed by atoms with Gasteiger partial charge in [-0.3, -0.25) is 4.79 Å². The normalized spacial score (nSPS) is 16.2. The minimum Gasteiger partial charge on any atom is -0.267 e. The van der Waals surface area contributed by atoms with Crippen LogP contribution in [0.1, 0.15) is 30.0 Å². The summed E-state index contributed by atoms with van der Waals surface area (Å²) in [4.78, 5) is 11.4. The third-order valence-electron chi connectivity index (χ3n) is 2.30. The van der Waals surface area contributed by atoms with Gasteiger partial charge in [0, 0.05) is 18.5 Å². The molecular formula is C9H11ClN2O. The van der Waals surface area contributed by atoms with Gasteiger partial charge >= 0.3 is 0 Å². The molecular weight excluding hydrogens is 188 g/mol. The fourth-order valence-corrected chi connectivity index (χ4v) is 1.56. The third kappa shape index (κ3) is 1.61. The number of rotatable bonds is 2. The lowest BCUT2D eigenvalue weighted by Gasteiger charge is -2.03. The number of aromatic nitrogens is 2. The van der Waals surface area contributed by atoms with Crippen molar-refractivity contribution in [2.75, 3.05) is 0 Å². The van der Waals surface area contributed by atoms with Crippen molar-refractivity contribution < 1.29 is 0 Å². The van der Waals surface area contributed by atoms with Crippen LogP contribution in [-0.4, -0.2) is 9.78 Å². The van der Waals surface area contributed by atoms with E-state index in [9.17, 15) is 4.79 Å². The van der Waals surface area contributed by atoms with E-state index in [0.29, 0.717) is 11.5 Å². The molecule has 0 bridgehead atoms. The van der Waals surface area contributed by atoms with Gasteiger partial charge in [0.25, 0.3) is 5.56 Å². The highest BCUT2D eigenvalue weighted by molar-refractivity contribution is 6.17. The maximum absolute atomic E-state index is 11.4. The Morgan fingerprint density at radius 3 is 2.92 bits per heavy atom. The summed E-state index contributed by atoms with van der Waals surface area (Å²) in [6.07, 6.45) is 2.37. The number of hydrogen-bond acceptors (Lipinski definition) is 2. The molecule has 1 saturated carbocycles. The minimum atomic E-state index is -0.0839. The van der Waals surface area contributed by atoms with Crippen LogP contribution < -0.4 is 5.56 Å². The second-order valence-corrected chi connectivity index (χ2v) is 3.70. The van der Waals surface area contributed by atoms with Gasteiger partial charge in [-0.15, -0.1) is 11.6 Å². The summed E-state index contributed by atoms with van der Waals surface area (Å²) >= 11 is 5.66. The van der Waals surface area contributed by atoms with Crippen LogP contribution in [0.25, 0.3) is 0 Å². The van der Waals surface area contributed by atoms with Crippen LogP contribution in [0.4, 0.5) is 0 Å². The zero-order valence-corrected chi connectivity index (χ0v) is 8.21. The molecule has 1 aliphatic carbocycles. The molecule has 13 heavy (non-hydrogen) atoms. The first-order valence-electron chi connectivity index (χ1n) is 4.35. The van der Waals surface area contributed by atoms with E-state index < -0.39 is 0 Å². The summed E-state index contributed by atoms with van der Waals surface area (Å²) < 4.78 is 1.38. The smallest absolute Gasteiger partial charge is 0.267 e. The van der Waals surface area contributed by atoms with Crippen molar-refractivity contribution in [3.8, 4) is 0 Å². The van der Waals surface area contributed by atoms with E-state index in [2.05, 4.69) is 5.10 Å². The Morgan fingerprint density at radius 1 is 1.69 bits per heavy atom. The Bertz CT molecular complexity index is 382. The average molecular weight is 199 g/mol. The SMILES string of the molecule is Cn1nc(C2CC2)cc(CCl)c1=O. The molecule has 1 heterocycles. The molecule has 0 radical (unpaired) electrons. The van der Waals surface area contributed by atoms with Gasteiger partial charge in [0.15, 0.2) is 0 Å². The molecule has 3 nitrogen and oxygen atoms in total. The van der Waals surface area contributed by atoms with E-state index in [0.717, 1.165) is 5.69 Å². The zero-order chi connectivity index (χ0) is 9.42. The van der Waals surface area contributed by atoms with Gasteiger partial charge in [0.1, 0.15) is 0 Å². The van der Waals surface area contributed by atoms with E-state index in [1.165, 1.54) is 17.5 Å². The highest BCUT2D eigenvalue weighted by Crippen LogP contribution is 2.38. The van der Waals surface area contributed by atoms with Gasteiger partial charge in [-0.25, -0.2) is 4.68 Å². The zero-order valence-electron chi connectivity index (χ0n) is 7.46. The van der Waals surface area contributed by atoms with Crippen molar-refractivity contribution in [3.63, 3.8) is 0 Å². The Kier molecular flexibility index (Phi) is 2.12. The molecule has 1 aliphatic rings. The second kappa shape index (κ2) is 3.14. The molecule has 1 aromatic heterocycles. The number of nitrogens with zero attached hydrogens (tertiary/aromatic N) is 2. The standard InChI is InChI=1S/C9H11ClN2O/c1-12-9(13)7(5-10)4-8(11-12)6-2-3-6/h4,6H,2-3,5H2,1H3. The van der Waals surface area contributed by atoms with Gasteiger partial charge < -0.3 is 0 Å². The van der Waals surface area contributed by atoms with E-state index >= 15 is 0 Å². The minimum absolute atomic E-state index is 0.0839. The molecule has 0 atom stereocenters. The number of alkyl halides is 1. The van der Waals surface area contributed by atoms with Crippen molar-refractivity contribution >= 4 is 11.6 Å². The summed E-state index contributed by atoms with van der Waals surface area (Å²) in [5.74, 6) is 0.836. The van der Waals surface area contributed by atoms with Crippen LogP contribution in [0.2, 0.25) is 0 Å². The van der Waals surface area contributed by atoms with E-state index in [4.69, 9.17) is 11.6 Å². The van der Waals surface area contributed by atoms with Gasteiger partial charge in [-0.05, 0) is 18.9 Å². The predicted octanol–water partition coefficient (Wildman–Crippen LogP) is 1.40. The van der Waals surface area contributed by atoms with E-state index in [1.54, 1.807) is 7.05 Å². The lowest BCUT2D eigenvalue weighted by Crippen LogP contribution is -2.23. The van der Waals surface area contributed by atoms with Crippen molar-refractivity contribution in [1.82, 2.24) is 9.78 Å². The highest BCUT2D eigenvalue weighted by atomic mass is 35.5. The molecule has 0 unspecified atom stereocenters. The third-order valence-corrected chi connectivity index (χ3v) is 2.58. The molecule has 4 heteroatoms. The molecule has 0 aliphatic heterocycles. The van der Waals surface area contributed by atoms with Crippen molar-refractivity contribution in [3.05, 3.63) is 27.7 Å². The Morgan fingerprint density at radius 2 is 2.38 bits per heavy atom. The van der Waals surface area contributed by atoms with E-state index in [1.807, 2.05) is 6.07 Å². The molecule has 0 N–H and O–H groups in total. The van der Waals surface area contributed by atoms with Crippen LogP contribution in [0.3, 0.4) is 0 Å². The Balaban J connectivity index is 2.50. The maximum atomic E-state index is 11.4. The fourth-order valence-electron chi connectivity index (χ4n) is 1.37. The Hall–Kier alpha value is -0.830. The predicted molar refractivity (Wildman–Crippen MR) is 51.0 cm³/mol. The number of aryl methyl sites for hydroxylation is 1. The molecule has 1 aromatic rings. The second-order valence-electron chi connectivity index (χ2n) is 3.43. The van der Waals surface area contributed by atoms with Gasteiger partial charge in [0.2, 0.25) is 0 Å². The lowest BCUT2D eigenvalue weighted by molar-refractivity contribution is 0.671. The van der Waals surface area contributed by atoms with Crippen molar-refractivity contribution in [2.45, 2.75) is 24.6 Å². The van der Waals surface area contributed by atoms with Gasteiger partial charge in [-0.1, -0.05) is 0 Å². The fraction of sp³-hybridized carbons (Fsp3) is 0.556. The summed E-state index contributed by atoms with van der Waals surface area (Å²) in [6.45, 7) is 0. The molecule has 0 saturated heterocycles. The van der Waals surface area contributed by atoms with Crippen LogP contribution in [0, 0.1) is 0 Å². The molecule has 70 valence electrons. The monoisotopic (exact) mass is 198 g/mol. The Labute approximate surface area is 81.3 Å². The average Bonchev–Trinajstić information content (AvgIpc) is 2.92. The molecule has 0 amide bonds. The number of hydrogen-bond donors (Lipinski definition) is 0. The largest absolute Gasteiger partial charge is 0.270 e. The van der Waals surface area contributed by atoms with Gasteiger partial charge in [-0.2, -0.15) is 5.10 Å². The summed E-state index contributed by atoms with van der Waals surface area (Å²) in [5.41, 5.74) is 1.58. The van der Waals surface area contributed by atoms with Crippen LogP contribution in [0.5, 0.6) is 0 Å². The van der Waals surface area contributed by atoms with Crippen LogP contribution >= 0.6 is 11.6 Å². The molecule has 0 spiro atoms. The maximum Gasteiger partial charge on any atom is 0.270 e. The molecule has 1 fully saturated rings. The summed E-state index contributed by atoms with van der Waals surface area (Å²) in [5, 5.41) is 4.19. The van der Waals surface area contributed by atoms with E-state index in [-0.39, 0.29) is 11.4 Å². The summed E-state index contributed by atoms with van der Waals surface area (Å²) in [7, 11) is 1.67. The van der Waals surface area contributed by atoms with Crippen LogP contribution in [0.15, 0.2) is 10.9 Å². The molecule has 0 aromatic carbocycles. The van der Waals surface area contributed by atoms with Crippen LogP contribution in [-0.2, 0) is 12.9 Å².